The molecule has 3 rings (SSSR count). The Morgan fingerprint density at radius 3 is 2.33 bits per heavy atom. The molecule has 0 unspecified atom stereocenters. The van der Waals surface area contributed by atoms with Crippen LogP contribution in [0.5, 0.6) is 0 Å². The highest BCUT2D eigenvalue weighted by atomic mass is 16.5. The van der Waals surface area contributed by atoms with E-state index in [2.05, 4.69) is 4.90 Å². The molecule has 0 saturated carbocycles. The van der Waals surface area contributed by atoms with Crippen LogP contribution in [0, 0.1) is 0 Å². The lowest BCUT2D eigenvalue weighted by Crippen LogP contribution is -2.36. The van der Waals surface area contributed by atoms with E-state index in [0.717, 1.165) is 19.6 Å². The number of ketones is 1. The fraction of sp³-hybridized carbons (Fsp3) is 0.300. The van der Waals surface area contributed by atoms with Crippen molar-refractivity contribution in [2.75, 3.05) is 19.7 Å². The van der Waals surface area contributed by atoms with Gasteiger partial charge in [0.2, 0.25) is 0 Å². The first-order chi connectivity index (χ1) is 11.7. The van der Waals surface area contributed by atoms with Crippen molar-refractivity contribution >= 4 is 11.8 Å². The van der Waals surface area contributed by atoms with Crippen molar-refractivity contribution < 1.29 is 14.3 Å². The number of ether oxygens (including phenoxy) is 1. The first kappa shape index (κ1) is 16.4. The topological polar surface area (TPSA) is 46.6 Å². The molecule has 0 aliphatic carbocycles. The standard InChI is InChI=1S/C20H21NO3/c1-2-24-20(23)18-6-3-5-17(13-18)19(22)16-9-7-15(8-10-16)14-21-11-4-12-21/h3,5-10,13H,2,4,11-12,14H2,1H3. The van der Waals surface area contributed by atoms with Gasteiger partial charge in [0.1, 0.15) is 0 Å². The molecular weight excluding hydrogens is 302 g/mol. The zero-order valence-electron chi connectivity index (χ0n) is 13.8. The zero-order valence-corrected chi connectivity index (χ0v) is 13.8. The lowest BCUT2D eigenvalue weighted by Gasteiger charge is -2.30. The molecule has 1 aliphatic rings. The van der Waals surface area contributed by atoms with Crippen molar-refractivity contribution in [2.45, 2.75) is 19.9 Å². The summed E-state index contributed by atoms with van der Waals surface area (Å²) in [5, 5.41) is 0. The van der Waals surface area contributed by atoms with E-state index in [1.54, 1.807) is 31.2 Å². The molecular formula is C20H21NO3. The van der Waals surface area contributed by atoms with Crippen molar-refractivity contribution in [1.29, 1.82) is 0 Å². The van der Waals surface area contributed by atoms with E-state index in [9.17, 15) is 9.59 Å². The van der Waals surface area contributed by atoms with Crippen molar-refractivity contribution in [3.63, 3.8) is 0 Å². The van der Waals surface area contributed by atoms with Crippen LogP contribution in [-0.2, 0) is 11.3 Å². The van der Waals surface area contributed by atoms with E-state index in [1.807, 2.05) is 24.3 Å². The maximum Gasteiger partial charge on any atom is 0.338 e. The monoisotopic (exact) mass is 323 g/mol. The highest BCUT2D eigenvalue weighted by Gasteiger charge is 2.15. The number of carbonyl (C=O) groups excluding carboxylic acids is 2. The predicted octanol–water partition coefficient (Wildman–Crippen LogP) is 3.30. The number of carbonyl (C=O) groups is 2. The minimum Gasteiger partial charge on any atom is -0.462 e. The number of likely N-dealkylation sites (tertiary alicyclic amines) is 1. The average Bonchev–Trinajstić information content (AvgIpc) is 2.58. The molecule has 1 fully saturated rings. The molecule has 1 aliphatic heterocycles. The predicted molar refractivity (Wildman–Crippen MR) is 92.2 cm³/mol. The highest BCUT2D eigenvalue weighted by molar-refractivity contribution is 6.10. The van der Waals surface area contributed by atoms with Gasteiger partial charge < -0.3 is 4.74 Å². The van der Waals surface area contributed by atoms with Gasteiger partial charge in [-0.05, 0) is 44.1 Å². The first-order valence-electron chi connectivity index (χ1n) is 8.30. The largest absolute Gasteiger partial charge is 0.462 e. The number of rotatable bonds is 6. The summed E-state index contributed by atoms with van der Waals surface area (Å²) in [6, 6.07) is 14.4. The summed E-state index contributed by atoms with van der Waals surface area (Å²) in [6.45, 7) is 5.32. The average molecular weight is 323 g/mol. The van der Waals surface area contributed by atoms with Gasteiger partial charge in [0.25, 0.3) is 0 Å². The zero-order chi connectivity index (χ0) is 16.9. The minimum absolute atomic E-state index is 0.0864. The summed E-state index contributed by atoms with van der Waals surface area (Å²) in [6.07, 6.45) is 1.27. The molecule has 4 nitrogen and oxygen atoms in total. The van der Waals surface area contributed by atoms with Gasteiger partial charge >= 0.3 is 5.97 Å². The summed E-state index contributed by atoms with van der Waals surface area (Å²) in [5.41, 5.74) is 2.74. The second-order valence-electron chi connectivity index (χ2n) is 5.96. The molecule has 0 spiro atoms. The van der Waals surface area contributed by atoms with Gasteiger partial charge in [-0.25, -0.2) is 4.79 Å². The molecule has 0 atom stereocenters. The van der Waals surface area contributed by atoms with Crippen LogP contribution >= 0.6 is 0 Å². The Kier molecular flexibility index (Phi) is 5.06. The van der Waals surface area contributed by atoms with Gasteiger partial charge in [-0.3, -0.25) is 9.69 Å². The van der Waals surface area contributed by atoms with E-state index in [1.165, 1.54) is 12.0 Å². The third kappa shape index (κ3) is 3.71. The van der Waals surface area contributed by atoms with E-state index in [4.69, 9.17) is 4.74 Å². The van der Waals surface area contributed by atoms with Gasteiger partial charge in [0.05, 0.1) is 12.2 Å². The summed E-state index contributed by atoms with van der Waals surface area (Å²) in [4.78, 5) is 26.8. The Balaban J connectivity index is 1.73. The lowest BCUT2D eigenvalue weighted by atomic mass is 10.00. The Morgan fingerprint density at radius 1 is 1.00 bits per heavy atom. The number of nitrogens with zero attached hydrogens (tertiary/aromatic N) is 1. The number of esters is 1. The van der Waals surface area contributed by atoms with Gasteiger partial charge in [-0.2, -0.15) is 0 Å². The SMILES string of the molecule is CCOC(=O)c1cccc(C(=O)c2ccc(CN3CCC3)cc2)c1. The molecule has 0 bridgehead atoms. The summed E-state index contributed by atoms with van der Waals surface area (Å²) in [7, 11) is 0. The van der Waals surface area contributed by atoms with Crippen LogP contribution in [0.4, 0.5) is 0 Å². The maximum absolute atomic E-state index is 12.6. The first-order valence-corrected chi connectivity index (χ1v) is 8.30. The van der Waals surface area contributed by atoms with Gasteiger partial charge in [-0.15, -0.1) is 0 Å². The van der Waals surface area contributed by atoms with Crippen molar-refractivity contribution in [3.8, 4) is 0 Å². The Labute approximate surface area is 142 Å². The highest BCUT2D eigenvalue weighted by Crippen LogP contribution is 2.16. The molecule has 2 aromatic carbocycles. The van der Waals surface area contributed by atoms with Crippen LogP contribution in [0.3, 0.4) is 0 Å². The van der Waals surface area contributed by atoms with Crippen LogP contribution < -0.4 is 0 Å². The lowest BCUT2D eigenvalue weighted by molar-refractivity contribution is 0.0526. The summed E-state index contributed by atoms with van der Waals surface area (Å²) in [5.74, 6) is -0.492. The molecule has 24 heavy (non-hydrogen) atoms. The quantitative estimate of drug-likeness (QED) is 0.604. The molecule has 4 heteroatoms. The van der Waals surface area contributed by atoms with Gasteiger partial charge in [0.15, 0.2) is 5.78 Å². The van der Waals surface area contributed by atoms with Crippen LogP contribution in [0.25, 0.3) is 0 Å². The minimum atomic E-state index is -0.406. The molecule has 0 N–H and O–H groups in total. The fourth-order valence-corrected chi connectivity index (χ4v) is 2.73. The van der Waals surface area contributed by atoms with Gasteiger partial charge in [-0.1, -0.05) is 36.4 Å². The smallest absolute Gasteiger partial charge is 0.338 e. The molecule has 1 heterocycles. The van der Waals surface area contributed by atoms with E-state index in [-0.39, 0.29) is 5.78 Å². The normalized spacial score (nSPS) is 14.0. The Morgan fingerprint density at radius 2 is 1.71 bits per heavy atom. The van der Waals surface area contributed by atoms with Crippen LogP contribution in [0.15, 0.2) is 48.5 Å². The number of benzene rings is 2. The molecule has 1 saturated heterocycles. The summed E-state index contributed by atoms with van der Waals surface area (Å²) >= 11 is 0. The third-order valence-corrected chi connectivity index (χ3v) is 4.21. The number of hydrogen-bond acceptors (Lipinski definition) is 4. The van der Waals surface area contributed by atoms with Crippen LogP contribution in [0.2, 0.25) is 0 Å². The Bertz CT molecular complexity index is 733. The molecule has 124 valence electrons. The Hall–Kier alpha value is -2.46. The van der Waals surface area contributed by atoms with Crippen molar-refractivity contribution in [2.24, 2.45) is 0 Å². The fourth-order valence-electron chi connectivity index (χ4n) is 2.73. The number of hydrogen-bond donors (Lipinski definition) is 0. The van der Waals surface area contributed by atoms with E-state index < -0.39 is 5.97 Å². The molecule has 0 aromatic heterocycles. The van der Waals surface area contributed by atoms with Crippen LogP contribution in [0.1, 0.15) is 45.2 Å². The summed E-state index contributed by atoms with van der Waals surface area (Å²) < 4.78 is 4.98. The molecule has 2 aromatic rings. The van der Waals surface area contributed by atoms with Crippen LogP contribution in [-0.4, -0.2) is 36.3 Å². The second-order valence-corrected chi connectivity index (χ2v) is 5.96. The molecule has 0 radical (unpaired) electrons. The second kappa shape index (κ2) is 7.41. The van der Waals surface area contributed by atoms with E-state index >= 15 is 0 Å². The van der Waals surface area contributed by atoms with E-state index in [0.29, 0.717) is 23.3 Å². The third-order valence-electron chi connectivity index (χ3n) is 4.21. The van der Waals surface area contributed by atoms with Gasteiger partial charge in [0, 0.05) is 17.7 Å². The maximum atomic E-state index is 12.6. The van der Waals surface area contributed by atoms with Crippen molar-refractivity contribution in [1.82, 2.24) is 4.90 Å². The van der Waals surface area contributed by atoms with Crippen molar-refractivity contribution in [3.05, 3.63) is 70.8 Å². The molecule has 0 amide bonds.